The molecule has 1 N–H and O–H groups in total. The van der Waals surface area contributed by atoms with Crippen LogP contribution in [0.3, 0.4) is 0 Å². The van der Waals surface area contributed by atoms with Crippen LogP contribution in [0.4, 0.5) is 0 Å². The van der Waals surface area contributed by atoms with Gasteiger partial charge in [0, 0.05) is 29.1 Å². The third-order valence-corrected chi connectivity index (χ3v) is 5.70. The van der Waals surface area contributed by atoms with Gasteiger partial charge in [-0.3, -0.25) is 9.59 Å². The van der Waals surface area contributed by atoms with Crippen molar-refractivity contribution in [2.75, 3.05) is 6.26 Å². The number of amides is 1. The molecule has 0 atom stereocenters. The molecule has 1 amide bonds. The molecule has 0 spiro atoms. The van der Waals surface area contributed by atoms with E-state index in [0.717, 1.165) is 16.8 Å². The van der Waals surface area contributed by atoms with E-state index in [1.54, 1.807) is 28.8 Å². The van der Waals surface area contributed by atoms with Crippen LogP contribution in [-0.2, 0) is 17.8 Å². The van der Waals surface area contributed by atoms with Crippen molar-refractivity contribution < 1.29 is 14.3 Å². The first-order chi connectivity index (χ1) is 15.9. The van der Waals surface area contributed by atoms with Crippen molar-refractivity contribution >= 4 is 29.4 Å². The number of fused-ring (bicyclic) bond motifs is 1. The maximum absolute atomic E-state index is 12.7. The monoisotopic (exact) mass is 461 g/mol. The second kappa shape index (κ2) is 9.83. The minimum absolute atomic E-state index is 0.0273. The van der Waals surface area contributed by atoms with Crippen LogP contribution < -0.4 is 10.1 Å². The molecule has 4 aromatic rings. The van der Waals surface area contributed by atoms with Gasteiger partial charge < -0.3 is 10.1 Å². The van der Waals surface area contributed by atoms with Gasteiger partial charge in [-0.25, -0.2) is 9.50 Å². The van der Waals surface area contributed by atoms with Crippen molar-refractivity contribution in [2.24, 2.45) is 0 Å². The first kappa shape index (κ1) is 22.5. The molecule has 0 aliphatic heterocycles. The highest BCUT2D eigenvalue weighted by atomic mass is 32.2. The highest BCUT2D eigenvalue weighted by Crippen LogP contribution is 2.19. The summed E-state index contributed by atoms with van der Waals surface area (Å²) >= 11 is 1.43. The minimum Gasteiger partial charge on any atom is -0.426 e. The molecule has 2 heterocycles. The Morgan fingerprint density at radius 1 is 1.06 bits per heavy atom. The van der Waals surface area contributed by atoms with Gasteiger partial charge in [-0.15, -0.1) is 5.10 Å². The van der Waals surface area contributed by atoms with Crippen molar-refractivity contribution in [3.8, 4) is 5.75 Å². The SMILES string of the molecule is CSc1nc2nc(C)c(CC(=O)Oc3cccc(C(=O)NCc4ccccc4)c3)c(C)n2n1. The zero-order valence-electron chi connectivity index (χ0n) is 18.5. The number of hydrogen-bond acceptors (Lipinski definition) is 7. The lowest BCUT2D eigenvalue weighted by Gasteiger charge is -2.11. The third kappa shape index (κ3) is 5.20. The van der Waals surface area contributed by atoms with Crippen molar-refractivity contribution in [3.63, 3.8) is 0 Å². The Hall–Kier alpha value is -3.72. The number of carbonyl (C=O) groups is 2. The van der Waals surface area contributed by atoms with E-state index in [1.807, 2.05) is 50.4 Å². The van der Waals surface area contributed by atoms with Gasteiger partial charge in [0.2, 0.25) is 5.16 Å². The fourth-order valence-corrected chi connectivity index (χ4v) is 3.76. The molecule has 2 aromatic carbocycles. The van der Waals surface area contributed by atoms with E-state index in [2.05, 4.69) is 20.4 Å². The summed E-state index contributed by atoms with van der Waals surface area (Å²) in [6.45, 7) is 4.12. The van der Waals surface area contributed by atoms with E-state index < -0.39 is 5.97 Å². The summed E-state index contributed by atoms with van der Waals surface area (Å²) in [7, 11) is 0. The largest absolute Gasteiger partial charge is 0.426 e. The lowest BCUT2D eigenvalue weighted by molar-refractivity contribution is -0.133. The highest BCUT2D eigenvalue weighted by molar-refractivity contribution is 7.98. The molecule has 0 fully saturated rings. The van der Waals surface area contributed by atoms with Gasteiger partial charge in [-0.2, -0.15) is 4.98 Å². The molecule has 0 aliphatic carbocycles. The van der Waals surface area contributed by atoms with Gasteiger partial charge in [-0.1, -0.05) is 48.2 Å². The second-order valence-electron chi connectivity index (χ2n) is 7.42. The second-order valence-corrected chi connectivity index (χ2v) is 8.19. The molecule has 0 aliphatic rings. The zero-order chi connectivity index (χ0) is 23.4. The molecule has 0 radical (unpaired) electrons. The van der Waals surface area contributed by atoms with E-state index in [4.69, 9.17) is 4.74 Å². The third-order valence-electron chi connectivity index (χ3n) is 5.16. The molecule has 0 bridgehead atoms. The van der Waals surface area contributed by atoms with E-state index in [0.29, 0.717) is 34.5 Å². The summed E-state index contributed by atoms with van der Waals surface area (Å²) in [4.78, 5) is 34.0. The number of thioether (sulfide) groups is 1. The molecular weight excluding hydrogens is 438 g/mol. The molecule has 9 heteroatoms. The van der Waals surface area contributed by atoms with Gasteiger partial charge in [0.25, 0.3) is 11.7 Å². The topological polar surface area (TPSA) is 98.5 Å². The van der Waals surface area contributed by atoms with Crippen LogP contribution in [0.25, 0.3) is 5.78 Å². The van der Waals surface area contributed by atoms with Crippen LogP contribution in [0.1, 0.15) is 32.9 Å². The van der Waals surface area contributed by atoms with Crippen molar-refractivity contribution in [1.29, 1.82) is 0 Å². The van der Waals surface area contributed by atoms with Crippen LogP contribution in [0.2, 0.25) is 0 Å². The lowest BCUT2D eigenvalue weighted by Crippen LogP contribution is -2.23. The predicted octanol–water partition coefficient (Wildman–Crippen LogP) is 3.54. The standard InChI is InChI=1S/C24H23N5O3S/c1-15-20(16(2)29-23(26-15)27-24(28-29)33-3)13-21(30)32-19-11-7-10-18(12-19)22(31)25-14-17-8-5-4-6-9-17/h4-12H,13-14H2,1-3H3,(H,25,31). The molecule has 33 heavy (non-hydrogen) atoms. The fourth-order valence-electron chi connectivity index (χ4n) is 3.43. The Labute approximate surface area is 195 Å². The molecular formula is C24H23N5O3S. The summed E-state index contributed by atoms with van der Waals surface area (Å²) in [6, 6.07) is 16.2. The number of nitrogens with zero attached hydrogens (tertiary/aromatic N) is 4. The molecule has 8 nitrogen and oxygen atoms in total. The van der Waals surface area contributed by atoms with Crippen LogP contribution in [-0.4, -0.2) is 37.7 Å². The van der Waals surface area contributed by atoms with Crippen LogP contribution in [0.5, 0.6) is 5.75 Å². The van der Waals surface area contributed by atoms with E-state index in [-0.39, 0.29) is 12.3 Å². The predicted molar refractivity (Wildman–Crippen MR) is 125 cm³/mol. The average molecular weight is 462 g/mol. The summed E-state index contributed by atoms with van der Waals surface area (Å²) < 4.78 is 7.16. The number of carbonyl (C=O) groups excluding carboxylic acids is 2. The summed E-state index contributed by atoms with van der Waals surface area (Å²) in [5, 5.41) is 7.89. The van der Waals surface area contributed by atoms with Crippen LogP contribution >= 0.6 is 11.8 Å². The van der Waals surface area contributed by atoms with Gasteiger partial charge >= 0.3 is 5.97 Å². The number of esters is 1. The van der Waals surface area contributed by atoms with Gasteiger partial charge in [0.1, 0.15) is 5.75 Å². The molecule has 0 saturated carbocycles. The minimum atomic E-state index is -0.450. The maximum atomic E-state index is 12.7. The summed E-state index contributed by atoms with van der Waals surface area (Å²) in [6.07, 6.45) is 1.92. The first-order valence-corrected chi connectivity index (χ1v) is 11.6. The normalized spacial score (nSPS) is 10.9. The Balaban J connectivity index is 1.44. The number of aryl methyl sites for hydroxylation is 2. The number of rotatable bonds is 7. The number of ether oxygens (including phenoxy) is 1. The van der Waals surface area contributed by atoms with Crippen LogP contribution in [0.15, 0.2) is 59.8 Å². The van der Waals surface area contributed by atoms with Gasteiger partial charge in [0.05, 0.1) is 6.42 Å². The van der Waals surface area contributed by atoms with E-state index >= 15 is 0 Å². The smallest absolute Gasteiger partial charge is 0.315 e. The maximum Gasteiger partial charge on any atom is 0.315 e. The van der Waals surface area contributed by atoms with Gasteiger partial charge in [0.15, 0.2) is 0 Å². The van der Waals surface area contributed by atoms with Gasteiger partial charge in [-0.05, 0) is 43.9 Å². The lowest BCUT2D eigenvalue weighted by atomic mass is 10.1. The average Bonchev–Trinajstić information content (AvgIpc) is 3.24. The molecule has 4 rings (SSSR count). The fraction of sp³-hybridized carbons (Fsp3) is 0.208. The quantitative estimate of drug-likeness (QED) is 0.255. The Morgan fingerprint density at radius 3 is 2.61 bits per heavy atom. The Morgan fingerprint density at radius 2 is 1.85 bits per heavy atom. The number of hydrogen-bond donors (Lipinski definition) is 1. The molecule has 168 valence electrons. The van der Waals surface area contributed by atoms with Crippen molar-refractivity contribution in [1.82, 2.24) is 24.9 Å². The Kier molecular flexibility index (Phi) is 6.69. The van der Waals surface area contributed by atoms with Crippen molar-refractivity contribution in [3.05, 3.63) is 82.7 Å². The number of benzene rings is 2. The summed E-state index contributed by atoms with van der Waals surface area (Å²) in [5.74, 6) is 0.117. The molecule has 0 unspecified atom stereocenters. The molecule has 0 saturated heterocycles. The molecule has 2 aromatic heterocycles. The summed E-state index contributed by atoms with van der Waals surface area (Å²) in [5.41, 5.74) is 3.64. The zero-order valence-corrected chi connectivity index (χ0v) is 19.3. The highest BCUT2D eigenvalue weighted by Gasteiger charge is 2.17. The first-order valence-electron chi connectivity index (χ1n) is 10.3. The van der Waals surface area contributed by atoms with E-state index in [9.17, 15) is 9.59 Å². The number of nitrogens with one attached hydrogen (secondary N) is 1. The van der Waals surface area contributed by atoms with Crippen molar-refractivity contribution in [2.45, 2.75) is 32.0 Å². The number of aromatic nitrogens is 4. The van der Waals surface area contributed by atoms with E-state index in [1.165, 1.54) is 11.8 Å². The Bertz CT molecular complexity index is 1320. The van der Waals surface area contributed by atoms with Crippen LogP contribution in [0, 0.1) is 13.8 Å².